The van der Waals surface area contributed by atoms with Gasteiger partial charge in [0, 0.05) is 19.3 Å². The molecule has 0 amide bonds. The zero-order chi connectivity index (χ0) is 15.4. The third kappa shape index (κ3) is 4.31. The first-order valence-electron chi connectivity index (χ1n) is 7.48. The van der Waals surface area contributed by atoms with E-state index in [1.807, 2.05) is 19.9 Å². The van der Waals surface area contributed by atoms with Gasteiger partial charge in [0.1, 0.15) is 5.82 Å². The molecule has 1 aromatic carbocycles. The molecule has 1 aromatic heterocycles. The molecule has 0 radical (unpaired) electrons. The van der Waals surface area contributed by atoms with Crippen LogP contribution in [0, 0.1) is 25.6 Å². The van der Waals surface area contributed by atoms with Gasteiger partial charge >= 0.3 is 0 Å². The second kappa shape index (κ2) is 6.74. The van der Waals surface area contributed by atoms with Crippen LogP contribution in [0.4, 0.5) is 10.3 Å². The van der Waals surface area contributed by atoms with Gasteiger partial charge in [-0.25, -0.2) is 9.37 Å². The quantitative estimate of drug-likeness (QED) is 0.872. The van der Waals surface area contributed by atoms with Crippen LogP contribution in [0.1, 0.15) is 30.7 Å². The molecule has 2 rings (SSSR count). The summed E-state index contributed by atoms with van der Waals surface area (Å²) in [4.78, 5) is 4.52. The molecule has 0 aliphatic rings. The summed E-state index contributed by atoms with van der Waals surface area (Å²) in [5, 5.41) is 3.39. The SMILES string of the molecule is Cc1cn(CC(C)C)c(NCCc2ccc(F)cc2C)n1. The molecule has 4 heteroatoms. The van der Waals surface area contributed by atoms with Crippen molar-refractivity contribution in [3.05, 3.63) is 47.0 Å². The molecule has 114 valence electrons. The lowest BCUT2D eigenvalue weighted by atomic mass is 10.1. The summed E-state index contributed by atoms with van der Waals surface area (Å²) in [5.41, 5.74) is 3.19. The lowest BCUT2D eigenvalue weighted by Gasteiger charge is -2.12. The van der Waals surface area contributed by atoms with Gasteiger partial charge in [0.25, 0.3) is 0 Å². The van der Waals surface area contributed by atoms with Crippen molar-refractivity contribution < 1.29 is 4.39 Å². The van der Waals surface area contributed by atoms with E-state index >= 15 is 0 Å². The van der Waals surface area contributed by atoms with E-state index in [0.717, 1.165) is 36.7 Å². The lowest BCUT2D eigenvalue weighted by molar-refractivity contribution is 0.526. The highest BCUT2D eigenvalue weighted by Crippen LogP contribution is 2.13. The summed E-state index contributed by atoms with van der Waals surface area (Å²) < 4.78 is 15.2. The van der Waals surface area contributed by atoms with Gasteiger partial charge in [0.05, 0.1) is 5.69 Å². The van der Waals surface area contributed by atoms with Gasteiger partial charge in [-0.3, -0.25) is 0 Å². The normalized spacial score (nSPS) is 11.1. The fourth-order valence-electron chi connectivity index (χ4n) is 2.47. The molecule has 1 heterocycles. The van der Waals surface area contributed by atoms with Crippen LogP contribution in [-0.2, 0) is 13.0 Å². The van der Waals surface area contributed by atoms with Gasteiger partial charge in [-0.15, -0.1) is 0 Å². The maximum atomic E-state index is 13.1. The molecule has 0 atom stereocenters. The number of anilines is 1. The van der Waals surface area contributed by atoms with Crippen LogP contribution in [0.2, 0.25) is 0 Å². The van der Waals surface area contributed by atoms with Crippen LogP contribution < -0.4 is 5.32 Å². The number of halogens is 1. The topological polar surface area (TPSA) is 29.9 Å². The summed E-state index contributed by atoms with van der Waals surface area (Å²) in [6, 6.07) is 4.96. The summed E-state index contributed by atoms with van der Waals surface area (Å²) in [6.07, 6.45) is 2.94. The zero-order valence-electron chi connectivity index (χ0n) is 13.3. The Morgan fingerprint density at radius 1 is 1.29 bits per heavy atom. The van der Waals surface area contributed by atoms with Gasteiger partial charge < -0.3 is 9.88 Å². The second-order valence-corrected chi connectivity index (χ2v) is 6.00. The highest BCUT2D eigenvalue weighted by Gasteiger charge is 2.07. The van der Waals surface area contributed by atoms with Crippen molar-refractivity contribution in [1.82, 2.24) is 9.55 Å². The molecule has 21 heavy (non-hydrogen) atoms. The minimum Gasteiger partial charge on any atom is -0.355 e. The number of imidazole rings is 1. The summed E-state index contributed by atoms with van der Waals surface area (Å²) in [7, 11) is 0. The Morgan fingerprint density at radius 2 is 2.05 bits per heavy atom. The molecule has 0 saturated carbocycles. The van der Waals surface area contributed by atoms with Crippen molar-refractivity contribution in [2.24, 2.45) is 5.92 Å². The number of hydrogen-bond donors (Lipinski definition) is 1. The van der Waals surface area contributed by atoms with Crippen molar-refractivity contribution in [2.45, 2.75) is 40.7 Å². The largest absolute Gasteiger partial charge is 0.355 e. The van der Waals surface area contributed by atoms with E-state index in [0.29, 0.717) is 5.92 Å². The summed E-state index contributed by atoms with van der Waals surface area (Å²) >= 11 is 0. The molecule has 0 aliphatic carbocycles. The van der Waals surface area contributed by atoms with E-state index in [1.165, 1.54) is 11.6 Å². The van der Waals surface area contributed by atoms with Gasteiger partial charge in [-0.05, 0) is 49.4 Å². The number of benzene rings is 1. The molecule has 0 saturated heterocycles. The number of rotatable bonds is 6. The maximum Gasteiger partial charge on any atom is 0.203 e. The van der Waals surface area contributed by atoms with Gasteiger partial charge in [0.2, 0.25) is 5.95 Å². The predicted molar refractivity (Wildman–Crippen MR) is 85.1 cm³/mol. The van der Waals surface area contributed by atoms with Crippen LogP contribution in [0.25, 0.3) is 0 Å². The van der Waals surface area contributed by atoms with E-state index in [4.69, 9.17) is 0 Å². The molecule has 3 nitrogen and oxygen atoms in total. The molecule has 1 N–H and O–H groups in total. The molecule has 0 spiro atoms. The van der Waals surface area contributed by atoms with Crippen molar-refractivity contribution in [2.75, 3.05) is 11.9 Å². The minimum atomic E-state index is -0.174. The van der Waals surface area contributed by atoms with E-state index in [2.05, 4.69) is 34.9 Å². The molecule has 0 bridgehead atoms. The van der Waals surface area contributed by atoms with Crippen LogP contribution in [0.15, 0.2) is 24.4 Å². The zero-order valence-corrected chi connectivity index (χ0v) is 13.3. The second-order valence-electron chi connectivity index (χ2n) is 6.00. The lowest BCUT2D eigenvalue weighted by Crippen LogP contribution is -2.13. The molecule has 0 aliphatic heterocycles. The first kappa shape index (κ1) is 15.5. The number of nitrogens with zero attached hydrogens (tertiary/aromatic N) is 2. The molecular weight excluding hydrogens is 265 g/mol. The van der Waals surface area contributed by atoms with Gasteiger partial charge in [-0.2, -0.15) is 0 Å². The molecule has 0 unspecified atom stereocenters. The smallest absolute Gasteiger partial charge is 0.203 e. The number of nitrogens with one attached hydrogen (secondary N) is 1. The maximum absolute atomic E-state index is 13.1. The average molecular weight is 289 g/mol. The molecule has 2 aromatic rings. The monoisotopic (exact) mass is 289 g/mol. The Bertz CT molecular complexity index is 602. The van der Waals surface area contributed by atoms with Crippen molar-refractivity contribution in [3.63, 3.8) is 0 Å². The van der Waals surface area contributed by atoms with Crippen molar-refractivity contribution >= 4 is 5.95 Å². The Kier molecular flexibility index (Phi) is 4.99. The van der Waals surface area contributed by atoms with E-state index in [1.54, 1.807) is 6.07 Å². The van der Waals surface area contributed by atoms with Crippen molar-refractivity contribution in [1.29, 1.82) is 0 Å². The first-order chi connectivity index (χ1) is 9.95. The minimum absolute atomic E-state index is 0.174. The van der Waals surface area contributed by atoms with Crippen LogP contribution in [0.5, 0.6) is 0 Å². The standard InChI is InChI=1S/C17H24FN3/c1-12(2)10-21-11-14(4)20-17(21)19-8-7-15-5-6-16(18)9-13(15)3/h5-6,9,11-12H,7-8,10H2,1-4H3,(H,19,20). The predicted octanol–water partition coefficient (Wildman–Crippen LogP) is 3.95. The fourth-order valence-corrected chi connectivity index (χ4v) is 2.47. The van der Waals surface area contributed by atoms with Crippen molar-refractivity contribution in [3.8, 4) is 0 Å². The third-order valence-corrected chi connectivity index (χ3v) is 3.44. The Balaban J connectivity index is 1.97. The Labute approximate surface area is 126 Å². The highest BCUT2D eigenvalue weighted by atomic mass is 19.1. The van der Waals surface area contributed by atoms with Gasteiger partial charge in [-0.1, -0.05) is 19.9 Å². The number of hydrogen-bond acceptors (Lipinski definition) is 2. The van der Waals surface area contributed by atoms with Gasteiger partial charge in [0.15, 0.2) is 0 Å². The summed E-state index contributed by atoms with van der Waals surface area (Å²) in [5.74, 6) is 1.33. The van der Waals surface area contributed by atoms with Crippen LogP contribution in [0.3, 0.4) is 0 Å². The Hall–Kier alpha value is -1.84. The Morgan fingerprint density at radius 3 is 2.71 bits per heavy atom. The average Bonchev–Trinajstić information content (AvgIpc) is 2.71. The first-order valence-corrected chi connectivity index (χ1v) is 7.48. The highest BCUT2D eigenvalue weighted by molar-refractivity contribution is 5.31. The third-order valence-electron chi connectivity index (χ3n) is 3.44. The van der Waals surface area contributed by atoms with Crippen LogP contribution >= 0.6 is 0 Å². The fraction of sp³-hybridized carbons (Fsp3) is 0.471. The summed E-state index contributed by atoms with van der Waals surface area (Å²) in [6.45, 7) is 10.1. The number of aromatic nitrogens is 2. The van der Waals surface area contributed by atoms with E-state index in [-0.39, 0.29) is 5.82 Å². The van der Waals surface area contributed by atoms with E-state index in [9.17, 15) is 4.39 Å². The molecule has 0 fully saturated rings. The van der Waals surface area contributed by atoms with Crippen LogP contribution in [-0.4, -0.2) is 16.1 Å². The molecular formula is C17H24FN3. The van der Waals surface area contributed by atoms with E-state index < -0.39 is 0 Å². The number of aryl methyl sites for hydroxylation is 2.